The van der Waals surface area contributed by atoms with Crippen molar-refractivity contribution in [2.45, 2.75) is 19.0 Å². The fourth-order valence-electron chi connectivity index (χ4n) is 3.58. The highest BCUT2D eigenvalue weighted by molar-refractivity contribution is 7.99. The molecule has 0 radical (unpaired) electrons. The summed E-state index contributed by atoms with van der Waals surface area (Å²) in [6.07, 6.45) is 0. The highest BCUT2D eigenvalue weighted by atomic mass is 32.2. The second kappa shape index (κ2) is 9.32. The number of nitrogens with one attached hydrogen (secondary N) is 2. The Bertz CT molecular complexity index is 1560. The molecule has 0 aliphatic carbocycles. The molecule has 0 atom stereocenters. The zero-order valence-corrected chi connectivity index (χ0v) is 20.1. The lowest BCUT2D eigenvalue weighted by Gasteiger charge is -2.11. The Hall–Kier alpha value is -3.63. The van der Waals surface area contributed by atoms with Crippen molar-refractivity contribution in [2.24, 2.45) is 0 Å². The van der Waals surface area contributed by atoms with Crippen molar-refractivity contribution in [1.82, 2.24) is 19.5 Å². The number of ether oxygens (including phenoxy) is 1. The van der Waals surface area contributed by atoms with Crippen LogP contribution in [0, 0.1) is 6.92 Å². The molecule has 2 aromatic carbocycles. The van der Waals surface area contributed by atoms with E-state index in [4.69, 9.17) is 4.74 Å². The van der Waals surface area contributed by atoms with Gasteiger partial charge in [-0.15, -0.1) is 0 Å². The predicted octanol–water partition coefficient (Wildman–Crippen LogP) is 4.76. The molecule has 0 bridgehead atoms. The number of anilines is 1. The van der Waals surface area contributed by atoms with Gasteiger partial charge in [-0.1, -0.05) is 41.3 Å². The summed E-state index contributed by atoms with van der Waals surface area (Å²) >= 11 is 2.60. The van der Waals surface area contributed by atoms with E-state index in [0.29, 0.717) is 33.6 Å². The number of carbonyl (C=O) groups is 1. The van der Waals surface area contributed by atoms with Crippen LogP contribution in [0.25, 0.3) is 26.9 Å². The molecule has 0 fully saturated rings. The summed E-state index contributed by atoms with van der Waals surface area (Å²) in [7, 11) is 0. The van der Waals surface area contributed by atoms with Crippen LogP contribution in [0.15, 0.2) is 64.5 Å². The molecule has 0 saturated carbocycles. The number of aromatic amines is 1. The molecule has 0 unspecified atom stereocenters. The van der Waals surface area contributed by atoms with E-state index in [1.54, 1.807) is 0 Å². The summed E-state index contributed by atoms with van der Waals surface area (Å²) in [5.74, 6) is 0.594. The second-order valence-electron chi connectivity index (χ2n) is 7.50. The van der Waals surface area contributed by atoms with Crippen molar-refractivity contribution in [3.8, 4) is 11.4 Å². The van der Waals surface area contributed by atoms with Crippen LogP contribution in [-0.2, 0) is 4.79 Å². The van der Waals surface area contributed by atoms with Crippen LogP contribution in [-0.4, -0.2) is 37.8 Å². The fraction of sp³-hybridized carbons (Fsp3) is 0.167. The van der Waals surface area contributed by atoms with Gasteiger partial charge < -0.3 is 15.0 Å². The lowest BCUT2D eigenvalue weighted by Crippen LogP contribution is -2.23. The molecule has 0 spiro atoms. The highest BCUT2D eigenvalue weighted by Crippen LogP contribution is 2.29. The van der Waals surface area contributed by atoms with Crippen molar-refractivity contribution in [3.63, 3.8) is 0 Å². The Morgan fingerprint density at radius 1 is 1.15 bits per heavy atom. The van der Waals surface area contributed by atoms with Gasteiger partial charge >= 0.3 is 0 Å². The number of carbonyl (C=O) groups excluding carboxylic acids is 1. The van der Waals surface area contributed by atoms with Gasteiger partial charge in [-0.05, 0) is 44.2 Å². The van der Waals surface area contributed by atoms with Crippen molar-refractivity contribution in [3.05, 3.63) is 70.6 Å². The van der Waals surface area contributed by atoms with Gasteiger partial charge in [0.2, 0.25) is 5.91 Å². The first kappa shape index (κ1) is 22.2. The number of hydrogen-bond acceptors (Lipinski definition) is 7. The summed E-state index contributed by atoms with van der Waals surface area (Å²) in [5, 5.41) is 3.81. The van der Waals surface area contributed by atoms with E-state index in [1.807, 2.05) is 68.4 Å². The van der Waals surface area contributed by atoms with Crippen LogP contribution in [0.5, 0.6) is 5.75 Å². The van der Waals surface area contributed by atoms with Crippen LogP contribution in [0.3, 0.4) is 0 Å². The average Bonchev–Trinajstić information content (AvgIpc) is 3.40. The molecule has 3 heterocycles. The monoisotopic (exact) mass is 491 g/mol. The van der Waals surface area contributed by atoms with E-state index in [2.05, 4.69) is 20.3 Å². The molecule has 3 aromatic heterocycles. The average molecular weight is 492 g/mol. The van der Waals surface area contributed by atoms with Gasteiger partial charge in [0.05, 0.1) is 33.8 Å². The number of nitrogens with zero attached hydrogens (tertiary/aromatic N) is 3. The Morgan fingerprint density at radius 3 is 2.76 bits per heavy atom. The minimum absolute atomic E-state index is 0.0777. The first-order chi connectivity index (χ1) is 16.5. The first-order valence-electron chi connectivity index (χ1n) is 10.7. The zero-order valence-electron chi connectivity index (χ0n) is 18.5. The molecule has 0 aliphatic rings. The van der Waals surface area contributed by atoms with E-state index in [-0.39, 0.29) is 17.2 Å². The summed E-state index contributed by atoms with van der Waals surface area (Å²) in [5.41, 5.74) is 3.12. The fourth-order valence-corrected chi connectivity index (χ4v) is 5.26. The summed E-state index contributed by atoms with van der Waals surface area (Å²) in [6, 6.07) is 16.8. The maximum Gasteiger partial charge on any atom is 0.283 e. The van der Waals surface area contributed by atoms with Crippen molar-refractivity contribution in [1.29, 1.82) is 0 Å². The largest absolute Gasteiger partial charge is 0.494 e. The summed E-state index contributed by atoms with van der Waals surface area (Å²) in [4.78, 5) is 38.2. The van der Waals surface area contributed by atoms with Crippen LogP contribution >= 0.6 is 23.1 Å². The molecule has 34 heavy (non-hydrogen) atoms. The molecule has 0 saturated heterocycles. The van der Waals surface area contributed by atoms with E-state index in [9.17, 15) is 9.59 Å². The van der Waals surface area contributed by atoms with E-state index in [0.717, 1.165) is 21.7 Å². The number of H-pyrrole nitrogens is 1. The van der Waals surface area contributed by atoms with Crippen molar-refractivity contribution >= 4 is 55.4 Å². The third kappa shape index (κ3) is 4.42. The van der Waals surface area contributed by atoms with Gasteiger partial charge in [0.25, 0.3) is 5.56 Å². The lowest BCUT2D eigenvalue weighted by atomic mass is 10.3. The SMILES string of the molecule is CCOc1ccc2sc(NC(=O)CSc3nc4cc(C)[nH]c4c(=O)n3-c3ccccc3)nc2c1. The van der Waals surface area contributed by atoms with Gasteiger partial charge in [-0.3, -0.25) is 14.2 Å². The molecule has 1 amide bonds. The number of thiazole rings is 1. The number of aromatic nitrogens is 4. The lowest BCUT2D eigenvalue weighted by molar-refractivity contribution is -0.113. The van der Waals surface area contributed by atoms with E-state index < -0.39 is 0 Å². The molecule has 5 rings (SSSR count). The Kier molecular flexibility index (Phi) is 6.08. The van der Waals surface area contributed by atoms with Crippen molar-refractivity contribution < 1.29 is 9.53 Å². The number of rotatable bonds is 7. The van der Waals surface area contributed by atoms with Gasteiger partial charge in [-0.25, -0.2) is 9.97 Å². The first-order valence-corrected chi connectivity index (χ1v) is 12.5. The molecular weight excluding hydrogens is 470 g/mol. The molecular formula is C24H21N5O3S2. The molecule has 2 N–H and O–H groups in total. The maximum absolute atomic E-state index is 13.2. The summed E-state index contributed by atoms with van der Waals surface area (Å²) < 4.78 is 8.01. The van der Waals surface area contributed by atoms with Gasteiger partial charge in [0, 0.05) is 11.8 Å². The third-order valence-corrected chi connectivity index (χ3v) is 6.91. The second-order valence-corrected chi connectivity index (χ2v) is 9.47. The smallest absolute Gasteiger partial charge is 0.283 e. The molecule has 5 aromatic rings. The van der Waals surface area contributed by atoms with Gasteiger partial charge in [-0.2, -0.15) is 0 Å². The van der Waals surface area contributed by atoms with Crippen LogP contribution in [0.1, 0.15) is 12.6 Å². The summed E-state index contributed by atoms with van der Waals surface area (Å²) in [6.45, 7) is 4.38. The Morgan fingerprint density at radius 2 is 1.97 bits per heavy atom. The number of hydrogen-bond donors (Lipinski definition) is 2. The zero-order chi connectivity index (χ0) is 23.7. The molecule has 0 aliphatic heterocycles. The number of thioether (sulfide) groups is 1. The quantitative estimate of drug-likeness (QED) is 0.251. The van der Waals surface area contributed by atoms with E-state index >= 15 is 0 Å². The van der Waals surface area contributed by atoms with Gasteiger partial charge in [0.15, 0.2) is 10.3 Å². The highest BCUT2D eigenvalue weighted by Gasteiger charge is 2.17. The molecule has 8 nitrogen and oxygen atoms in total. The van der Waals surface area contributed by atoms with Gasteiger partial charge in [0.1, 0.15) is 11.3 Å². The number of fused-ring (bicyclic) bond motifs is 2. The predicted molar refractivity (Wildman–Crippen MR) is 137 cm³/mol. The Labute approximate surface area is 203 Å². The number of benzene rings is 2. The van der Waals surface area contributed by atoms with E-state index in [1.165, 1.54) is 27.7 Å². The van der Waals surface area contributed by atoms with Crippen LogP contribution in [0.4, 0.5) is 5.13 Å². The normalized spacial score (nSPS) is 11.2. The minimum Gasteiger partial charge on any atom is -0.494 e. The standard InChI is InChI=1S/C24H21N5O3S2/c1-3-32-16-9-10-19-17(12-16)26-23(34-19)28-20(30)13-33-24-27-18-11-14(2)25-21(18)22(31)29(24)15-7-5-4-6-8-15/h4-12,25H,3,13H2,1-2H3,(H,26,28,30). The third-order valence-electron chi connectivity index (χ3n) is 5.02. The number of amides is 1. The topological polar surface area (TPSA) is 102 Å². The van der Waals surface area contributed by atoms with Crippen molar-refractivity contribution in [2.75, 3.05) is 17.7 Å². The minimum atomic E-state index is -0.228. The number of para-hydroxylation sites is 1. The molecule has 10 heteroatoms. The number of aryl methyl sites for hydroxylation is 1. The molecule has 172 valence electrons. The Balaban J connectivity index is 1.39. The van der Waals surface area contributed by atoms with Crippen LogP contribution < -0.4 is 15.6 Å². The van der Waals surface area contributed by atoms with Crippen LogP contribution in [0.2, 0.25) is 0 Å². The maximum atomic E-state index is 13.2.